The molecule has 0 bridgehead atoms. The summed E-state index contributed by atoms with van der Waals surface area (Å²) in [6.45, 7) is 1.68. The predicted octanol–water partition coefficient (Wildman–Crippen LogP) is 4.00. The van der Waals surface area contributed by atoms with Gasteiger partial charge in [0.15, 0.2) is 18.1 Å². The Balaban J connectivity index is 1.55. The molecule has 3 aromatic carbocycles. The molecule has 11 heteroatoms. The normalized spacial score (nSPS) is 14.3. The van der Waals surface area contributed by atoms with E-state index in [1.54, 1.807) is 24.3 Å². The van der Waals surface area contributed by atoms with Crippen molar-refractivity contribution >= 4 is 63.8 Å². The first-order valence-corrected chi connectivity index (χ1v) is 12.3. The van der Waals surface area contributed by atoms with Crippen LogP contribution >= 0.6 is 22.6 Å². The Kier molecular flexibility index (Phi) is 7.96. The number of phenols is 1. The molecule has 0 aromatic heterocycles. The average molecular weight is 627 g/mol. The van der Waals surface area contributed by atoms with Gasteiger partial charge in [0, 0.05) is 5.69 Å². The number of anilines is 2. The molecule has 1 heterocycles. The smallest absolute Gasteiger partial charge is 0.335 e. The van der Waals surface area contributed by atoms with E-state index in [4.69, 9.17) is 9.47 Å². The van der Waals surface area contributed by atoms with Gasteiger partial charge in [-0.25, -0.2) is 9.69 Å². The van der Waals surface area contributed by atoms with E-state index in [2.05, 4.69) is 10.6 Å². The monoisotopic (exact) mass is 627 g/mol. The van der Waals surface area contributed by atoms with Crippen molar-refractivity contribution in [2.75, 3.05) is 23.9 Å². The van der Waals surface area contributed by atoms with E-state index < -0.39 is 17.8 Å². The number of barbiturate groups is 1. The number of methoxy groups -OCH3 is 1. The van der Waals surface area contributed by atoms with Gasteiger partial charge in [-0.2, -0.15) is 0 Å². The van der Waals surface area contributed by atoms with Crippen molar-refractivity contribution in [3.63, 3.8) is 0 Å². The van der Waals surface area contributed by atoms with Gasteiger partial charge < -0.3 is 19.9 Å². The van der Waals surface area contributed by atoms with Gasteiger partial charge in [-0.3, -0.25) is 19.7 Å². The number of halogens is 1. The van der Waals surface area contributed by atoms with Crippen molar-refractivity contribution in [1.29, 1.82) is 0 Å². The Morgan fingerprint density at radius 2 is 1.76 bits per heavy atom. The molecule has 4 rings (SSSR count). The second kappa shape index (κ2) is 11.3. The van der Waals surface area contributed by atoms with Crippen LogP contribution in [0.2, 0.25) is 0 Å². The molecule has 5 amide bonds. The second-order valence-electron chi connectivity index (χ2n) is 8.21. The standard InChI is InChI=1S/C27H22IN3O7/c1-15-3-5-17(6-4-15)29-23(33)14-38-24-21(28)12-16(13-22(24)37-2)11-20-25(34)30-27(36)31(26(20)35)18-7-9-19(32)10-8-18/h3-13,32H,14H2,1-2H3,(H,29,33)(H,30,34,36)/b20-11+. The average Bonchev–Trinajstić information content (AvgIpc) is 2.88. The molecule has 3 N–H and O–H groups in total. The first-order chi connectivity index (χ1) is 18.2. The van der Waals surface area contributed by atoms with E-state index in [0.717, 1.165) is 10.5 Å². The predicted molar refractivity (Wildman–Crippen MR) is 148 cm³/mol. The van der Waals surface area contributed by atoms with E-state index in [1.807, 2.05) is 41.6 Å². The summed E-state index contributed by atoms with van der Waals surface area (Å²) in [6.07, 6.45) is 1.33. The van der Waals surface area contributed by atoms with Crippen LogP contribution in [0.5, 0.6) is 17.2 Å². The molecule has 0 spiro atoms. The number of urea groups is 1. The summed E-state index contributed by atoms with van der Waals surface area (Å²) in [5.41, 5.74) is 2.05. The van der Waals surface area contributed by atoms with Gasteiger partial charge in [-0.1, -0.05) is 17.7 Å². The highest BCUT2D eigenvalue weighted by molar-refractivity contribution is 14.1. The first kappa shape index (κ1) is 26.7. The first-order valence-electron chi connectivity index (χ1n) is 11.2. The van der Waals surface area contributed by atoms with Crippen molar-refractivity contribution in [3.8, 4) is 17.2 Å². The van der Waals surface area contributed by atoms with Crippen LogP contribution in [0, 0.1) is 10.5 Å². The number of carbonyl (C=O) groups excluding carboxylic acids is 4. The fourth-order valence-electron chi connectivity index (χ4n) is 3.60. The Morgan fingerprint density at radius 3 is 2.42 bits per heavy atom. The van der Waals surface area contributed by atoms with E-state index in [0.29, 0.717) is 20.6 Å². The van der Waals surface area contributed by atoms with Crippen LogP contribution in [0.15, 0.2) is 66.2 Å². The molecule has 0 aliphatic carbocycles. The zero-order valence-electron chi connectivity index (χ0n) is 20.3. The number of amides is 5. The maximum Gasteiger partial charge on any atom is 0.335 e. The molecule has 3 aromatic rings. The van der Waals surface area contributed by atoms with E-state index in [1.165, 1.54) is 37.5 Å². The number of phenolic OH excluding ortho intramolecular Hbond substituents is 1. The molecule has 1 saturated heterocycles. The van der Waals surface area contributed by atoms with Crippen LogP contribution in [0.3, 0.4) is 0 Å². The number of nitrogens with zero attached hydrogens (tertiary/aromatic N) is 1. The SMILES string of the molecule is COc1cc(/C=C2\C(=O)NC(=O)N(c3ccc(O)cc3)C2=O)cc(I)c1OCC(=O)Nc1ccc(C)cc1. The fourth-order valence-corrected chi connectivity index (χ4v) is 4.38. The molecule has 0 radical (unpaired) electrons. The minimum Gasteiger partial charge on any atom is -0.508 e. The van der Waals surface area contributed by atoms with Gasteiger partial charge in [-0.15, -0.1) is 0 Å². The van der Waals surface area contributed by atoms with Gasteiger partial charge in [0.2, 0.25) is 0 Å². The summed E-state index contributed by atoms with van der Waals surface area (Å²) in [6, 6.07) is 15.0. The quantitative estimate of drug-likeness (QED) is 0.205. The van der Waals surface area contributed by atoms with Crippen LogP contribution in [0.25, 0.3) is 6.08 Å². The lowest BCUT2D eigenvalue weighted by molar-refractivity contribution is -0.122. The molecule has 1 aliphatic rings. The molecule has 1 aliphatic heterocycles. The molecule has 0 unspecified atom stereocenters. The van der Waals surface area contributed by atoms with Gasteiger partial charge in [0.25, 0.3) is 17.7 Å². The molecule has 10 nitrogen and oxygen atoms in total. The van der Waals surface area contributed by atoms with Gasteiger partial charge in [0.1, 0.15) is 11.3 Å². The molecule has 0 atom stereocenters. The van der Waals surface area contributed by atoms with Gasteiger partial charge in [-0.05, 0) is 89.7 Å². The van der Waals surface area contributed by atoms with E-state index in [-0.39, 0.29) is 35.3 Å². The van der Waals surface area contributed by atoms with Crippen molar-refractivity contribution in [2.24, 2.45) is 0 Å². The number of ether oxygens (including phenoxy) is 2. The fraction of sp³-hybridized carbons (Fsp3) is 0.111. The molecular formula is C27H22IN3O7. The number of benzene rings is 3. The minimum atomic E-state index is -0.900. The van der Waals surface area contributed by atoms with Crippen LogP contribution in [-0.2, 0) is 14.4 Å². The third kappa shape index (κ3) is 5.94. The number of aryl methyl sites for hydroxylation is 1. The Labute approximate surface area is 231 Å². The summed E-state index contributed by atoms with van der Waals surface area (Å²) >= 11 is 1.99. The van der Waals surface area contributed by atoms with Crippen LogP contribution < -0.4 is 25.0 Å². The summed E-state index contributed by atoms with van der Waals surface area (Å²) in [4.78, 5) is 51.1. The topological polar surface area (TPSA) is 134 Å². The summed E-state index contributed by atoms with van der Waals surface area (Å²) in [5, 5.41) is 14.4. The second-order valence-corrected chi connectivity index (χ2v) is 9.37. The zero-order chi connectivity index (χ0) is 27.4. The highest BCUT2D eigenvalue weighted by Crippen LogP contribution is 2.35. The number of aromatic hydroxyl groups is 1. The molecular weight excluding hydrogens is 605 g/mol. The van der Waals surface area contributed by atoms with E-state index in [9.17, 15) is 24.3 Å². The number of nitrogens with one attached hydrogen (secondary N) is 2. The Hall–Kier alpha value is -4.39. The van der Waals surface area contributed by atoms with Gasteiger partial charge >= 0.3 is 6.03 Å². The molecule has 1 fully saturated rings. The lowest BCUT2D eigenvalue weighted by Crippen LogP contribution is -2.54. The van der Waals surface area contributed by atoms with Crippen molar-refractivity contribution in [1.82, 2.24) is 5.32 Å². The Morgan fingerprint density at radius 1 is 1.08 bits per heavy atom. The third-order valence-corrected chi connectivity index (χ3v) is 6.26. The number of rotatable bonds is 7. The summed E-state index contributed by atoms with van der Waals surface area (Å²) in [5.74, 6) is -1.48. The molecule has 38 heavy (non-hydrogen) atoms. The maximum absolute atomic E-state index is 13.1. The summed E-state index contributed by atoms with van der Waals surface area (Å²) < 4.78 is 11.7. The molecule has 0 saturated carbocycles. The van der Waals surface area contributed by atoms with Crippen LogP contribution in [0.4, 0.5) is 16.2 Å². The largest absolute Gasteiger partial charge is 0.508 e. The minimum absolute atomic E-state index is 0.0398. The number of hydrogen-bond donors (Lipinski definition) is 3. The van der Waals surface area contributed by atoms with Crippen molar-refractivity contribution in [3.05, 3.63) is 80.9 Å². The highest BCUT2D eigenvalue weighted by Gasteiger charge is 2.36. The van der Waals surface area contributed by atoms with Crippen LogP contribution in [-0.4, -0.2) is 42.6 Å². The maximum atomic E-state index is 13.1. The zero-order valence-corrected chi connectivity index (χ0v) is 22.4. The number of imide groups is 2. The number of carbonyl (C=O) groups is 4. The lowest BCUT2D eigenvalue weighted by Gasteiger charge is -2.26. The molecule has 194 valence electrons. The van der Waals surface area contributed by atoms with Crippen LogP contribution in [0.1, 0.15) is 11.1 Å². The van der Waals surface area contributed by atoms with E-state index >= 15 is 0 Å². The highest BCUT2D eigenvalue weighted by atomic mass is 127. The summed E-state index contributed by atoms with van der Waals surface area (Å²) in [7, 11) is 1.42. The third-order valence-electron chi connectivity index (χ3n) is 5.46. The lowest BCUT2D eigenvalue weighted by atomic mass is 10.1. The van der Waals surface area contributed by atoms with Crippen molar-refractivity contribution < 1.29 is 33.8 Å². The van der Waals surface area contributed by atoms with Crippen molar-refractivity contribution in [2.45, 2.75) is 6.92 Å². The number of hydrogen-bond acceptors (Lipinski definition) is 7. The Bertz CT molecular complexity index is 1450. The van der Waals surface area contributed by atoms with Gasteiger partial charge in [0.05, 0.1) is 16.4 Å².